The Morgan fingerprint density at radius 3 is 1.73 bits per heavy atom. The Morgan fingerprint density at radius 1 is 0.308 bits per heavy atom. The van der Waals surface area contributed by atoms with Crippen molar-refractivity contribution in [3.8, 4) is 45.3 Å². The van der Waals surface area contributed by atoms with Gasteiger partial charge >= 0.3 is 0 Å². The highest BCUT2D eigenvalue weighted by Crippen LogP contribution is 2.38. The lowest BCUT2D eigenvalue weighted by Gasteiger charge is -2.10. The van der Waals surface area contributed by atoms with Crippen LogP contribution in [0.15, 0.2) is 173 Å². The lowest BCUT2D eigenvalue weighted by atomic mass is 10.00. The maximum atomic E-state index is 6.33. The average molecular weight is 666 g/mol. The first-order valence-electron chi connectivity index (χ1n) is 17.3. The number of fused-ring (bicyclic) bond motifs is 8. The van der Waals surface area contributed by atoms with Gasteiger partial charge in [0.25, 0.3) is 0 Å². The molecule has 0 aliphatic rings. The van der Waals surface area contributed by atoms with Crippen molar-refractivity contribution in [1.82, 2.24) is 15.0 Å². The lowest BCUT2D eigenvalue weighted by molar-refractivity contribution is 0.668. The molecular formula is C47H27N3O2. The minimum atomic E-state index is 0.582. The van der Waals surface area contributed by atoms with Gasteiger partial charge in [-0.1, -0.05) is 115 Å². The summed E-state index contributed by atoms with van der Waals surface area (Å²) in [5, 5.41) is 8.84. The Hall–Kier alpha value is -7.11. The number of hydrogen-bond acceptors (Lipinski definition) is 5. The summed E-state index contributed by atoms with van der Waals surface area (Å²) in [6.07, 6.45) is 0. The highest BCUT2D eigenvalue weighted by molar-refractivity contribution is 6.12. The standard InChI is InChI=1S/C47H27N3O2/c1-2-9-31-24-34(21-18-28(31)8-1)29-16-19-30(20-17-29)45-48-46(50-47(49-45)37-13-7-15-42-44(37)36-12-5-6-14-40(36)51-42)35-22-23-41-38(26-35)39-25-32-10-3-4-11-33(32)27-43(39)52-41/h1-27H. The van der Waals surface area contributed by atoms with Crippen molar-refractivity contribution in [2.24, 2.45) is 0 Å². The van der Waals surface area contributed by atoms with Crippen LogP contribution in [0, 0.1) is 0 Å². The highest BCUT2D eigenvalue weighted by atomic mass is 16.3. The molecule has 0 fully saturated rings. The fourth-order valence-electron chi connectivity index (χ4n) is 7.50. The fourth-order valence-corrected chi connectivity index (χ4v) is 7.50. The number of benzene rings is 8. The Kier molecular flexibility index (Phi) is 6.18. The van der Waals surface area contributed by atoms with Crippen LogP contribution < -0.4 is 0 Å². The number of rotatable bonds is 4. The molecule has 0 aliphatic carbocycles. The van der Waals surface area contributed by atoms with Crippen LogP contribution in [-0.2, 0) is 0 Å². The normalized spacial score (nSPS) is 11.8. The SMILES string of the molecule is c1ccc2cc(-c3ccc(-c4nc(-c5ccc6oc7cc8ccccc8cc7c6c5)nc(-c5cccc6oc7ccccc7c56)n4)cc3)ccc2c1. The third-order valence-electron chi connectivity index (χ3n) is 10.1. The molecule has 0 atom stereocenters. The van der Waals surface area contributed by atoms with E-state index in [0.29, 0.717) is 17.5 Å². The molecule has 11 rings (SSSR count). The van der Waals surface area contributed by atoms with E-state index in [4.69, 9.17) is 23.8 Å². The summed E-state index contributed by atoms with van der Waals surface area (Å²) in [4.78, 5) is 15.4. The zero-order chi connectivity index (χ0) is 34.2. The quantitative estimate of drug-likeness (QED) is 0.187. The zero-order valence-corrected chi connectivity index (χ0v) is 27.7. The Bertz CT molecular complexity index is 3190. The van der Waals surface area contributed by atoms with E-state index in [1.165, 1.54) is 16.2 Å². The molecular weight excluding hydrogens is 639 g/mol. The number of furan rings is 2. The van der Waals surface area contributed by atoms with Gasteiger partial charge in [0.15, 0.2) is 17.5 Å². The van der Waals surface area contributed by atoms with Gasteiger partial charge < -0.3 is 8.83 Å². The van der Waals surface area contributed by atoms with Gasteiger partial charge in [0.05, 0.1) is 0 Å². The molecule has 5 heteroatoms. The van der Waals surface area contributed by atoms with Crippen LogP contribution in [-0.4, -0.2) is 15.0 Å². The van der Waals surface area contributed by atoms with E-state index in [0.717, 1.165) is 77.1 Å². The van der Waals surface area contributed by atoms with Crippen molar-refractivity contribution < 1.29 is 8.83 Å². The van der Waals surface area contributed by atoms with Crippen LogP contribution in [0.4, 0.5) is 0 Å². The van der Waals surface area contributed by atoms with Gasteiger partial charge in [-0.2, -0.15) is 0 Å². The predicted molar refractivity (Wildman–Crippen MR) is 211 cm³/mol. The predicted octanol–water partition coefficient (Wildman–Crippen LogP) is 12.6. The fraction of sp³-hybridized carbons (Fsp3) is 0. The van der Waals surface area contributed by atoms with E-state index in [9.17, 15) is 0 Å². The summed E-state index contributed by atoms with van der Waals surface area (Å²) in [6.45, 7) is 0. The number of para-hydroxylation sites is 1. The van der Waals surface area contributed by atoms with E-state index >= 15 is 0 Å². The third-order valence-corrected chi connectivity index (χ3v) is 10.1. The second kappa shape index (κ2) is 11.2. The first-order chi connectivity index (χ1) is 25.7. The van der Waals surface area contributed by atoms with Crippen molar-refractivity contribution >= 4 is 65.4 Å². The van der Waals surface area contributed by atoms with Crippen molar-refractivity contribution in [1.29, 1.82) is 0 Å². The van der Waals surface area contributed by atoms with E-state index in [-0.39, 0.29) is 0 Å². The minimum Gasteiger partial charge on any atom is -0.456 e. The molecule has 0 saturated heterocycles. The van der Waals surface area contributed by atoms with Crippen LogP contribution in [0.5, 0.6) is 0 Å². The third kappa shape index (κ3) is 4.60. The van der Waals surface area contributed by atoms with Gasteiger partial charge in [-0.3, -0.25) is 0 Å². The van der Waals surface area contributed by atoms with Gasteiger partial charge in [0, 0.05) is 38.2 Å². The largest absolute Gasteiger partial charge is 0.456 e. The second-order valence-electron chi connectivity index (χ2n) is 13.2. The molecule has 0 unspecified atom stereocenters. The molecule has 8 aromatic carbocycles. The molecule has 242 valence electrons. The van der Waals surface area contributed by atoms with Crippen LogP contribution in [0.1, 0.15) is 0 Å². The molecule has 11 aromatic rings. The molecule has 0 aliphatic heterocycles. The maximum Gasteiger partial charge on any atom is 0.164 e. The monoisotopic (exact) mass is 665 g/mol. The van der Waals surface area contributed by atoms with Crippen molar-refractivity contribution in [2.45, 2.75) is 0 Å². The topological polar surface area (TPSA) is 65.0 Å². The number of nitrogens with zero attached hydrogens (tertiary/aromatic N) is 3. The van der Waals surface area contributed by atoms with E-state index in [1.54, 1.807) is 0 Å². The molecule has 0 N–H and O–H groups in total. The van der Waals surface area contributed by atoms with Crippen LogP contribution in [0.2, 0.25) is 0 Å². The molecule has 3 aromatic heterocycles. The van der Waals surface area contributed by atoms with Crippen molar-refractivity contribution in [3.05, 3.63) is 164 Å². The molecule has 0 radical (unpaired) electrons. The average Bonchev–Trinajstić information content (AvgIpc) is 3.77. The summed E-state index contributed by atoms with van der Waals surface area (Å²) in [5.41, 5.74) is 8.26. The first-order valence-corrected chi connectivity index (χ1v) is 17.3. The minimum absolute atomic E-state index is 0.582. The second-order valence-corrected chi connectivity index (χ2v) is 13.2. The zero-order valence-electron chi connectivity index (χ0n) is 27.7. The number of aromatic nitrogens is 3. The van der Waals surface area contributed by atoms with Crippen molar-refractivity contribution in [2.75, 3.05) is 0 Å². The highest BCUT2D eigenvalue weighted by Gasteiger charge is 2.19. The summed E-state index contributed by atoms with van der Waals surface area (Å²) in [6, 6.07) is 56.5. The molecule has 52 heavy (non-hydrogen) atoms. The van der Waals surface area contributed by atoms with Gasteiger partial charge in [-0.25, -0.2) is 15.0 Å². The Morgan fingerprint density at radius 2 is 0.885 bits per heavy atom. The van der Waals surface area contributed by atoms with Crippen LogP contribution in [0.25, 0.3) is 111 Å². The maximum absolute atomic E-state index is 6.33. The molecule has 5 nitrogen and oxygen atoms in total. The van der Waals surface area contributed by atoms with Crippen LogP contribution >= 0.6 is 0 Å². The molecule has 0 spiro atoms. The van der Waals surface area contributed by atoms with E-state index in [1.807, 2.05) is 42.5 Å². The van der Waals surface area contributed by atoms with Crippen molar-refractivity contribution in [3.63, 3.8) is 0 Å². The molecule has 0 bridgehead atoms. The molecule has 0 saturated carbocycles. The summed E-state index contributed by atoms with van der Waals surface area (Å²) < 4.78 is 12.6. The Labute approximate surface area is 297 Å². The van der Waals surface area contributed by atoms with E-state index < -0.39 is 0 Å². The van der Waals surface area contributed by atoms with E-state index in [2.05, 4.69) is 121 Å². The van der Waals surface area contributed by atoms with Gasteiger partial charge in [-0.15, -0.1) is 0 Å². The molecule has 0 amide bonds. The van der Waals surface area contributed by atoms with Gasteiger partial charge in [0.2, 0.25) is 0 Å². The summed E-state index contributed by atoms with van der Waals surface area (Å²) in [7, 11) is 0. The van der Waals surface area contributed by atoms with Crippen LogP contribution in [0.3, 0.4) is 0 Å². The Balaban J connectivity index is 1.10. The summed E-state index contributed by atoms with van der Waals surface area (Å²) in [5.74, 6) is 1.76. The lowest BCUT2D eigenvalue weighted by Crippen LogP contribution is -2.00. The number of hydrogen-bond donors (Lipinski definition) is 0. The van der Waals surface area contributed by atoms with Gasteiger partial charge in [0.1, 0.15) is 22.3 Å². The summed E-state index contributed by atoms with van der Waals surface area (Å²) >= 11 is 0. The smallest absolute Gasteiger partial charge is 0.164 e. The molecule has 3 heterocycles. The van der Waals surface area contributed by atoms with Gasteiger partial charge in [-0.05, 0) is 81.2 Å². The first kappa shape index (κ1) is 28.7.